The third-order valence-electron chi connectivity index (χ3n) is 3.35. The highest BCUT2D eigenvalue weighted by molar-refractivity contribution is 5.77. The van der Waals surface area contributed by atoms with Crippen molar-refractivity contribution in [3.63, 3.8) is 0 Å². The van der Waals surface area contributed by atoms with E-state index in [4.69, 9.17) is 5.11 Å². The van der Waals surface area contributed by atoms with E-state index in [1.54, 1.807) is 4.90 Å². The zero-order valence-corrected chi connectivity index (χ0v) is 10.9. The van der Waals surface area contributed by atoms with Crippen LogP contribution in [0.2, 0.25) is 0 Å². The van der Waals surface area contributed by atoms with Gasteiger partial charge in [0.15, 0.2) is 0 Å². The maximum absolute atomic E-state index is 11.9. The Morgan fingerprint density at radius 3 is 2.89 bits per heavy atom. The zero-order valence-electron chi connectivity index (χ0n) is 10.9. The van der Waals surface area contributed by atoms with Gasteiger partial charge in [0, 0.05) is 19.6 Å². The van der Waals surface area contributed by atoms with E-state index in [1.807, 2.05) is 31.2 Å². The quantitative estimate of drug-likeness (QED) is 0.869. The molecule has 1 heterocycles. The van der Waals surface area contributed by atoms with Gasteiger partial charge < -0.3 is 15.3 Å². The van der Waals surface area contributed by atoms with Crippen LogP contribution < -0.4 is 5.32 Å². The molecule has 2 rings (SSSR count). The number of amides is 2. The molecule has 1 unspecified atom stereocenters. The van der Waals surface area contributed by atoms with Gasteiger partial charge in [0.2, 0.25) is 0 Å². The molecule has 1 aliphatic heterocycles. The van der Waals surface area contributed by atoms with Crippen LogP contribution in [0.1, 0.15) is 17.5 Å². The van der Waals surface area contributed by atoms with E-state index >= 15 is 0 Å². The third-order valence-corrected chi connectivity index (χ3v) is 3.35. The molecule has 0 spiro atoms. The van der Waals surface area contributed by atoms with Gasteiger partial charge in [-0.05, 0) is 18.9 Å². The van der Waals surface area contributed by atoms with Crippen molar-refractivity contribution >= 4 is 12.0 Å². The average Bonchev–Trinajstić information content (AvgIpc) is 2.86. The number of carboxylic acids is 1. The van der Waals surface area contributed by atoms with Crippen molar-refractivity contribution in [3.8, 4) is 0 Å². The maximum Gasteiger partial charge on any atom is 0.317 e. The van der Waals surface area contributed by atoms with Gasteiger partial charge in [-0.2, -0.15) is 0 Å². The fourth-order valence-corrected chi connectivity index (χ4v) is 2.26. The van der Waals surface area contributed by atoms with Crippen LogP contribution in [-0.4, -0.2) is 35.1 Å². The number of nitrogens with one attached hydrogen (secondary N) is 1. The van der Waals surface area contributed by atoms with E-state index in [9.17, 15) is 9.59 Å². The molecule has 1 atom stereocenters. The van der Waals surface area contributed by atoms with Gasteiger partial charge in [0.25, 0.3) is 0 Å². The Morgan fingerprint density at radius 1 is 1.47 bits per heavy atom. The fraction of sp³-hybridized carbons (Fsp3) is 0.429. The van der Waals surface area contributed by atoms with Crippen LogP contribution in [0, 0.1) is 12.8 Å². The standard InChI is InChI=1S/C14H18N2O3/c1-10-3-2-4-11(7-10)8-15-14(19)16-6-5-12(9-16)13(17)18/h2-4,7,12H,5-6,8-9H2,1H3,(H,15,19)(H,17,18). The largest absolute Gasteiger partial charge is 0.481 e. The molecule has 0 saturated carbocycles. The number of carbonyl (C=O) groups excluding carboxylic acids is 1. The van der Waals surface area contributed by atoms with Gasteiger partial charge >= 0.3 is 12.0 Å². The molecule has 1 aromatic carbocycles. The van der Waals surface area contributed by atoms with Crippen molar-refractivity contribution in [1.82, 2.24) is 10.2 Å². The minimum Gasteiger partial charge on any atom is -0.481 e. The molecular weight excluding hydrogens is 244 g/mol. The van der Waals surface area contributed by atoms with Crippen LogP contribution in [0.25, 0.3) is 0 Å². The number of aliphatic carboxylic acids is 1. The van der Waals surface area contributed by atoms with E-state index in [0.717, 1.165) is 11.1 Å². The molecule has 5 heteroatoms. The normalized spacial score (nSPS) is 18.4. The number of nitrogens with zero attached hydrogens (tertiary/aromatic N) is 1. The molecule has 1 saturated heterocycles. The van der Waals surface area contributed by atoms with Gasteiger partial charge in [0.1, 0.15) is 0 Å². The van der Waals surface area contributed by atoms with Crippen LogP contribution >= 0.6 is 0 Å². The van der Waals surface area contributed by atoms with Crippen LogP contribution in [0.15, 0.2) is 24.3 Å². The van der Waals surface area contributed by atoms with E-state index in [0.29, 0.717) is 26.1 Å². The molecule has 1 aromatic rings. The van der Waals surface area contributed by atoms with Crippen molar-refractivity contribution in [2.24, 2.45) is 5.92 Å². The summed E-state index contributed by atoms with van der Waals surface area (Å²) in [4.78, 5) is 24.3. The van der Waals surface area contributed by atoms with E-state index in [2.05, 4.69) is 5.32 Å². The second kappa shape index (κ2) is 5.73. The van der Waals surface area contributed by atoms with E-state index in [1.165, 1.54) is 0 Å². The SMILES string of the molecule is Cc1cccc(CNC(=O)N2CCC(C(=O)O)C2)c1. The number of hydrogen-bond donors (Lipinski definition) is 2. The van der Waals surface area contributed by atoms with Crippen molar-refractivity contribution < 1.29 is 14.7 Å². The monoisotopic (exact) mass is 262 g/mol. The maximum atomic E-state index is 11.9. The first kappa shape index (κ1) is 13.4. The van der Waals surface area contributed by atoms with Gasteiger partial charge in [-0.1, -0.05) is 29.8 Å². The lowest BCUT2D eigenvalue weighted by atomic mass is 10.1. The van der Waals surface area contributed by atoms with Crippen LogP contribution in [0.5, 0.6) is 0 Å². The number of carbonyl (C=O) groups is 2. The van der Waals surface area contributed by atoms with E-state index < -0.39 is 11.9 Å². The van der Waals surface area contributed by atoms with Crippen LogP contribution in [-0.2, 0) is 11.3 Å². The van der Waals surface area contributed by atoms with Crippen LogP contribution in [0.3, 0.4) is 0 Å². The summed E-state index contributed by atoms with van der Waals surface area (Å²) >= 11 is 0. The Balaban J connectivity index is 1.84. The molecule has 2 amide bonds. The molecule has 0 radical (unpaired) electrons. The molecule has 1 aliphatic rings. The molecule has 0 aromatic heterocycles. The number of aryl methyl sites for hydroxylation is 1. The van der Waals surface area contributed by atoms with Gasteiger partial charge in [0.05, 0.1) is 5.92 Å². The molecule has 102 valence electrons. The van der Waals surface area contributed by atoms with Gasteiger partial charge in [-0.3, -0.25) is 4.79 Å². The Bertz CT molecular complexity index is 487. The lowest BCUT2D eigenvalue weighted by Gasteiger charge is -2.16. The zero-order chi connectivity index (χ0) is 13.8. The Labute approximate surface area is 112 Å². The second-order valence-corrected chi connectivity index (χ2v) is 4.92. The smallest absolute Gasteiger partial charge is 0.317 e. The summed E-state index contributed by atoms with van der Waals surface area (Å²) in [6.07, 6.45) is 0.535. The minimum absolute atomic E-state index is 0.190. The van der Waals surface area contributed by atoms with Gasteiger partial charge in [-0.15, -0.1) is 0 Å². The summed E-state index contributed by atoms with van der Waals surface area (Å²) in [5, 5.41) is 11.7. The number of hydrogen-bond acceptors (Lipinski definition) is 2. The van der Waals surface area contributed by atoms with Crippen LogP contribution in [0.4, 0.5) is 4.79 Å². The number of rotatable bonds is 3. The Hall–Kier alpha value is -2.04. The first-order chi connectivity index (χ1) is 9.06. The summed E-state index contributed by atoms with van der Waals surface area (Å²) in [6, 6.07) is 7.74. The number of likely N-dealkylation sites (tertiary alicyclic amines) is 1. The molecule has 5 nitrogen and oxygen atoms in total. The second-order valence-electron chi connectivity index (χ2n) is 4.92. The summed E-state index contributed by atoms with van der Waals surface area (Å²) in [5.41, 5.74) is 2.20. The van der Waals surface area contributed by atoms with Crippen molar-refractivity contribution in [3.05, 3.63) is 35.4 Å². The highest BCUT2D eigenvalue weighted by atomic mass is 16.4. The number of carboxylic acid groups (broad SMARTS) is 1. The Morgan fingerprint density at radius 2 is 2.26 bits per heavy atom. The van der Waals surface area contributed by atoms with Gasteiger partial charge in [-0.25, -0.2) is 4.79 Å². The predicted octanol–water partition coefficient (Wildman–Crippen LogP) is 1.61. The Kier molecular flexibility index (Phi) is 4.04. The average molecular weight is 262 g/mol. The first-order valence-electron chi connectivity index (χ1n) is 6.37. The van der Waals surface area contributed by atoms with Crippen molar-refractivity contribution in [2.45, 2.75) is 19.9 Å². The number of urea groups is 1. The lowest BCUT2D eigenvalue weighted by Crippen LogP contribution is -2.38. The summed E-state index contributed by atoms with van der Waals surface area (Å²) in [7, 11) is 0. The topological polar surface area (TPSA) is 69.6 Å². The summed E-state index contributed by atoms with van der Waals surface area (Å²) in [5.74, 6) is -1.25. The number of benzene rings is 1. The minimum atomic E-state index is -0.825. The summed E-state index contributed by atoms with van der Waals surface area (Å²) < 4.78 is 0. The lowest BCUT2D eigenvalue weighted by molar-refractivity contribution is -0.141. The fourth-order valence-electron chi connectivity index (χ4n) is 2.26. The van der Waals surface area contributed by atoms with Crippen molar-refractivity contribution in [2.75, 3.05) is 13.1 Å². The summed E-state index contributed by atoms with van der Waals surface area (Å²) in [6.45, 7) is 3.28. The van der Waals surface area contributed by atoms with E-state index in [-0.39, 0.29) is 6.03 Å². The highest BCUT2D eigenvalue weighted by Crippen LogP contribution is 2.16. The molecular formula is C14H18N2O3. The molecule has 0 aliphatic carbocycles. The molecule has 1 fully saturated rings. The molecule has 19 heavy (non-hydrogen) atoms. The van der Waals surface area contributed by atoms with Crippen molar-refractivity contribution in [1.29, 1.82) is 0 Å². The highest BCUT2D eigenvalue weighted by Gasteiger charge is 2.30. The molecule has 0 bridgehead atoms. The third kappa shape index (κ3) is 3.47. The molecule has 2 N–H and O–H groups in total. The predicted molar refractivity (Wildman–Crippen MR) is 70.7 cm³/mol. The first-order valence-corrected chi connectivity index (χ1v) is 6.37.